The number of methoxy groups -OCH3 is 1. The first-order valence-electron chi connectivity index (χ1n) is 5.27. The lowest BCUT2D eigenvalue weighted by molar-refractivity contribution is 0.151. The van der Waals surface area contributed by atoms with Crippen LogP contribution in [0, 0.1) is 0 Å². The number of nitrogens with one attached hydrogen (secondary N) is 1. The van der Waals surface area contributed by atoms with E-state index in [9.17, 15) is 4.79 Å². The molecule has 0 aromatic heterocycles. The van der Waals surface area contributed by atoms with E-state index in [-0.39, 0.29) is 6.03 Å². The Hall–Kier alpha value is -0.770. The van der Waals surface area contributed by atoms with Crippen molar-refractivity contribution in [2.45, 2.75) is 26.7 Å². The Kier molecular flexibility index (Phi) is 8.33. The molecule has 0 atom stereocenters. The molecule has 0 aromatic rings. The van der Waals surface area contributed by atoms with Gasteiger partial charge in [-0.25, -0.2) is 4.79 Å². The summed E-state index contributed by atoms with van der Waals surface area (Å²) in [6.45, 7) is 6.81. The summed E-state index contributed by atoms with van der Waals surface area (Å²) in [5.41, 5.74) is 0. The minimum atomic E-state index is 0.0120. The zero-order valence-electron chi connectivity index (χ0n) is 9.51. The topological polar surface area (TPSA) is 41.6 Å². The van der Waals surface area contributed by atoms with Gasteiger partial charge < -0.3 is 15.0 Å². The first-order valence-corrected chi connectivity index (χ1v) is 5.27. The summed E-state index contributed by atoms with van der Waals surface area (Å²) >= 11 is 0. The van der Waals surface area contributed by atoms with Gasteiger partial charge in [-0.3, -0.25) is 0 Å². The van der Waals surface area contributed by atoms with Gasteiger partial charge in [0.15, 0.2) is 0 Å². The fourth-order valence-corrected chi connectivity index (χ4v) is 1.09. The van der Waals surface area contributed by atoms with Crippen LogP contribution >= 0.6 is 0 Å². The lowest BCUT2D eigenvalue weighted by Crippen LogP contribution is -2.41. The van der Waals surface area contributed by atoms with Crippen LogP contribution in [0.1, 0.15) is 26.7 Å². The van der Waals surface area contributed by atoms with E-state index in [0.717, 1.165) is 25.9 Å². The highest BCUT2D eigenvalue weighted by molar-refractivity contribution is 5.74. The maximum atomic E-state index is 11.5. The summed E-state index contributed by atoms with van der Waals surface area (Å²) in [4.78, 5) is 13.3. The van der Waals surface area contributed by atoms with Crippen LogP contribution in [0.4, 0.5) is 4.79 Å². The maximum absolute atomic E-state index is 11.5. The Morgan fingerprint density at radius 3 is 2.64 bits per heavy atom. The Balaban J connectivity index is 3.67. The number of hydrogen-bond acceptors (Lipinski definition) is 2. The van der Waals surface area contributed by atoms with E-state index in [2.05, 4.69) is 12.2 Å². The fraction of sp³-hybridized carbons (Fsp3) is 0.900. The number of rotatable bonds is 7. The zero-order chi connectivity index (χ0) is 10.8. The molecule has 0 rings (SSSR count). The molecule has 0 fully saturated rings. The summed E-state index contributed by atoms with van der Waals surface area (Å²) in [7, 11) is 1.64. The average molecular weight is 202 g/mol. The van der Waals surface area contributed by atoms with Crippen molar-refractivity contribution < 1.29 is 9.53 Å². The number of amides is 2. The molecule has 0 aliphatic carbocycles. The van der Waals surface area contributed by atoms with Crippen LogP contribution in [0.3, 0.4) is 0 Å². The van der Waals surface area contributed by atoms with Crippen LogP contribution in [0.2, 0.25) is 0 Å². The molecule has 0 spiro atoms. The Morgan fingerprint density at radius 1 is 1.43 bits per heavy atom. The standard InChI is InChI=1S/C10H22N2O2/c1-4-6-7-11-10(13)12(5-2)8-9-14-3/h4-9H2,1-3H3,(H,11,13). The van der Waals surface area contributed by atoms with Crippen LogP contribution < -0.4 is 5.32 Å². The maximum Gasteiger partial charge on any atom is 0.317 e. The zero-order valence-corrected chi connectivity index (χ0v) is 9.51. The normalized spacial score (nSPS) is 9.93. The third kappa shape index (κ3) is 5.80. The molecule has 0 aliphatic heterocycles. The summed E-state index contributed by atoms with van der Waals surface area (Å²) in [5, 5.41) is 2.87. The molecule has 4 heteroatoms. The van der Waals surface area contributed by atoms with Crippen molar-refractivity contribution in [3.05, 3.63) is 0 Å². The summed E-state index contributed by atoms with van der Waals surface area (Å²) < 4.78 is 4.93. The Labute approximate surface area is 86.6 Å². The quantitative estimate of drug-likeness (QED) is 0.635. The number of carbonyl (C=O) groups excluding carboxylic acids is 1. The van der Waals surface area contributed by atoms with Gasteiger partial charge in [-0.15, -0.1) is 0 Å². The first kappa shape index (κ1) is 13.2. The SMILES string of the molecule is CCCCNC(=O)N(CC)CCOC. The second-order valence-electron chi connectivity index (χ2n) is 3.16. The first-order chi connectivity index (χ1) is 6.76. The van der Waals surface area contributed by atoms with Crippen LogP contribution in [0.25, 0.3) is 0 Å². The van der Waals surface area contributed by atoms with Crippen LogP contribution in [0.5, 0.6) is 0 Å². The smallest absolute Gasteiger partial charge is 0.317 e. The molecule has 0 saturated heterocycles. The molecule has 0 unspecified atom stereocenters. The Bertz CT molecular complexity index is 151. The molecule has 0 radical (unpaired) electrons. The van der Waals surface area contributed by atoms with Crippen molar-refractivity contribution in [2.75, 3.05) is 33.4 Å². The van der Waals surface area contributed by atoms with E-state index in [1.807, 2.05) is 6.92 Å². The molecule has 84 valence electrons. The molecule has 0 heterocycles. The lowest BCUT2D eigenvalue weighted by Gasteiger charge is -2.20. The third-order valence-corrected chi connectivity index (χ3v) is 2.04. The van der Waals surface area contributed by atoms with Crippen molar-refractivity contribution in [1.82, 2.24) is 10.2 Å². The highest BCUT2D eigenvalue weighted by Crippen LogP contribution is 1.90. The van der Waals surface area contributed by atoms with Gasteiger partial charge in [0, 0.05) is 26.7 Å². The van der Waals surface area contributed by atoms with Gasteiger partial charge in [-0.2, -0.15) is 0 Å². The van der Waals surface area contributed by atoms with Crippen LogP contribution in [-0.2, 0) is 4.74 Å². The van der Waals surface area contributed by atoms with Gasteiger partial charge in [0.2, 0.25) is 0 Å². The molecule has 1 N–H and O–H groups in total. The van der Waals surface area contributed by atoms with Gasteiger partial charge in [-0.05, 0) is 13.3 Å². The molecule has 0 bridgehead atoms. The highest BCUT2D eigenvalue weighted by atomic mass is 16.5. The van der Waals surface area contributed by atoms with Gasteiger partial charge in [0.1, 0.15) is 0 Å². The average Bonchev–Trinajstić information content (AvgIpc) is 2.19. The van der Waals surface area contributed by atoms with E-state index in [4.69, 9.17) is 4.74 Å². The van der Waals surface area contributed by atoms with Crippen molar-refractivity contribution in [2.24, 2.45) is 0 Å². The van der Waals surface area contributed by atoms with E-state index in [0.29, 0.717) is 13.2 Å². The highest BCUT2D eigenvalue weighted by Gasteiger charge is 2.09. The number of likely N-dealkylation sites (N-methyl/N-ethyl adjacent to an activating group) is 1. The van der Waals surface area contributed by atoms with Gasteiger partial charge in [-0.1, -0.05) is 13.3 Å². The van der Waals surface area contributed by atoms with Crippen LogP contribution in [-0.4, -0.2) is 44.3 Å². The minimum Gasteiger partial charge on any atom is -0.383 e. The van der Waals surface area contributed by atoms with E-state index < -0.39 is 0 Å². The van der Waals surface area contributed by atoms with Crippen molar-refractivity contribution in [3.63, 3.8) is 0 Å². The fourth-order valence-electron chi connectivity index (χ4n) is 1.09. The second kappa shape index (κ2) is 8.81. The summed E-state index contributed by atoms with van der Waals surface area (Å²) in [6.07, 6.45) is 2.14. The monoisotopic (exact) mass is 202 g/mol. The van der Waals surface area contributed by atoms with Gasteiger partial charge >= 0.3 is 6.03 Å². The van der Waals surface area contributed by atoms with E-state index in [1.54, 1.807) is 12.0 Å². The van der Waals surface area contributed by atoms with Crippen molar-refractivity contribution in [3.8, 4) is 0 Å². The number of carbonyl (C=O) groups is 1. The van der Waals surface area contributed by atoms with Gasteiger partial charge in [0.25, 0.3) is 0 Å². The molecule has 2 amide bonds. The van der Waals surface area contributed by atoms with E-state index in [1.165, 1.54) is 0 Å². The van der Waals surface area contributed by atoms with Crippen LogP contribution in [0.15, 0.2) is 0 Å². The number of urea groups is 1. The molecule has 4 nitrogen and oxygen atoms in total. The predicted octanol–water partition coefficient (Wildman–Crippen LogP) is 1.46. The molecule has 0 aromatic carbocycles. The predicted molar refractivity (Wildman–Crippen MR) is 57.4 cm³/mol. The molecule has 0 aliphatic rings. The molecule has 0 saturated carbocycles. The lowest BCUT2D eigenvalue weighted by atomic mass is 10.3. The largest absolute Gasteiger partial charge is 0.383 e. The summed E-state index contributed by atoms with van der Waals surface area (Å²) in [6, 6.07) is 0.0120. The van der Waals surface area contributed by atoms with E-state index >= 15 is 0 Å². The minimum absolute atomic E-state index is 0.0120. The Morgan fingerprint density at radius 2 is 2.14 bits per heavy atom. The molecule has 14 heavy (non-hydrogen) atoms. The number of hydrogen-bond donors (Lipinski definition) is 1. The third-order valence-electron chi connectivity index (χ3n) is 2.04. The molecular weight excluding hydrogens is 180 g/mol. The number of unbranched alkanes of at least 4 members (excludes halogenated alkanes) is 1. The van der Waals surface area contributed by atoms with Crippen molar-refractivity contribution in [1.29, 1.82) is 0 Å². The molecular formula is C10H22N2O2. The number of nitrogens with zero attached hydrogens (tertiary/aromatic N) is 1. The number of ether oxygens (including phenoxy) is 1. The van der Waals surface area contributed by atoms with Gasteiger partial charge in [0.05, 0.1) is 6.61 Å². The van der Waals surface area contributed by atoms with Crippen molar-refractivity contribution >= 4 is 6.03 Å². The summed E-state index contributed by atoms with van der Waals surface area (Å²) in [5.74, 6) is 0. The second-order valence-corrected chi connectivity index (χ2v) is 3.16.